The van der Waals surface area contributed by atoms with Gasteiger partial charge in [-0.25, -0.2) is 4.79 Å². The molecule has 116 valence electrons. The normalized spacial score (nSPS) is 11.2. The highest BCUT2D eigenvalue weighted by Gasteiger charge is 2.18. The number of hydrogen-bond acceptors (Lipinski definition) is 2. The summed E-state index contributed by atoms with van der Waals surface area (Å²) in [5.74, 6) is -0.241. The van der Waals surface area contributed by atoms with Gasteiger partial charge in [-0.3, -0.25) is 0 Å². The van der Waals surface area contributed by atoms with Crippen molar-refractivity contribution in [3.8, 4) is 0 Å². The molecule has 0 amide bonds. The van der Waals surface area contributed by atoms with Crippen molar-refractivity contribution < 1.29 is 9.53 Å². The molecule has 0 aromatic heterocycles. The number of hydrogen-bond donors (Lipinski definition) is 0. The number of carbonyl (C=O) groups is 1. The second-order valence-electron chi connectivity index (χ2n) is 6.33. The second-order valence-corrected chi connectivity index (χ2v) is 6.33. The van der Waals surface area contributed by atoms with Crippen molar-refractivity contribution >= 4 is 12.0 Å². The summed E-state index contributed by atoms with van der Waals surface area (Å²) in [7, 11) is 0. The Bertz CT molecular complexity index is 443. The first kappa shape index (κ1) is 17.5. The molecule has 0 saturated heterocycles. The minimum atomic E-state index is -0.241. The molecule has 0 bridgehead atoms. The van der Waals surface area contributed by atoms with Gasteiger partial charge >= 0.3 is 5.97 Å². The molecule has 1 aromatic rings. The average Bonchev–Trinajstić information content (AvgIpc) is 2.47. The third-order valence-corrected chi connectivity index (χ3v) is 3.85. The van der Waals surface area contributed by atoms with Gasteiger partial charge in [0.05, 0.1) is 12.2 Å². The SMILES string of the molecule is C=Cc1ccc(C(=O)OCCC(C)(C)CCCCC)cc1. The summed E-state index contributed by atoms with van der Waals surface area (Å²) in [4.78, 5) is 11.9. The van der Waals surface area contributed by atoms with Gasteiger partial charge in [-0.15, -0.1) is 0 Å². The Hall–Kier alpha value is -1.57. The first-order valence-corrected chi connectivity index (χ1v) is 7.88. The van der Waals surface area contributed by atoms with Crippen LogP contribution in [0.2, 0.25) is 0 Å². The molecule has 0 fully saturated rings. The Balaban J connectivity index is 2.36. The lowest BCUT2D eigenvalue weighted by Crippen LogP contribution is -2.16. The first-order valence-electron chi connectivity index (χ1n) is 7.88. The van der Waals surface area contributed by atoms with E-state index in [1.807, 2.05) is 12.1 Å². The van der Waals surface area contributed by atoms with Crippen molar-refractivity contribution in [1.82, 2.24) is 0 Å². The lowest BCUT2D eigenvalue weighted by molar-refractivity contribution is 0.0452. The maximum absolute atomic E-state index is 11.9. The third kappa shape index (κ3) is 6.61. The zero-order valence-electron chi connectivity index (χ0n) is 13.7. The summed E-state index contributed by atoms with van der Waals surface area (Å²) >= 11 is 0. The van der Waals surface area contributed by atoms with E-state index in [1.165, 1.54) is 25.7 Å². The average molecular weight is 288 g/mol. The van der Waals surface area contributed by atoms with Gasteiger partial charge in [0, 0.05) is 0 Å². The summed E-state index contributed by atoms with van der Waals surface area (Å²) < 4.78 is 5.38. The fraction of sp³-hybridized carbons (Fsp3) is 0.526. The molecule has 21 heavy (non-hydrogen) atoms. The first-order chi connectivity index (χ1) is 9.98. The van der Waals surface area contributed by atoms with Crippen molar-refractivity contribution in [3.05, 3.63) is 42.0 Å². The molecule has 0 aliphatic rings. The Morgan fingerprint density at radius 3 is 2.43 bits per heavy atom. The topological polar surface area (TPSA) is 26.3 Å². The van der Waals surface area contributed by atoms with Gasteiger partial charge < -0.3 is 4.74 Å². The van der Waals surface area contributed by atoms with Crippen molar-refractivity contribution in [2.24, 2.45) is 5.41 Å². The van der Waals surface area contributed by atoms with Gasteiger partial charge in [0.2, 0.25) is 0 Å². The summed E-state index contributed by atoms with van der Waals surface area (Å²) in [6.07, 6.45) is 7.62. The fourth-order valence-corrected chi connectivity index (χ4v) is 2.24. The quantitative estimate of drug-likeness (QED) is 0.444. The summed E-state index contributed by atoms with van der Waals surface area (Å²) in [5, 5.41) is 0. The van der Waals surface area contributed by atoms with Crippen LogP contribution in [-0.4, -0.2) is 12.6 Å². The minimum absolute atomic E-state index is 0.238. The molecule has 0 radical (unpaired) electrons. The van der Waals surface area contributed by atoms with Gasteiger partial charge in [0.1, 0.15) is 0 Å². The van der Waals surface area contributed by atoms with Crippen LogP contribution in [0.25, 0.3) is 6.08 Å². The standard InChI is InChI=1S/C19H28O2/c1-5-7-8-13-19(3,4)14-15-21-18(20)17-11-9-16(6-2)10-12-17/h6,9-12H,2,5,7-8,13-15H2,1,3-4H3. The lowest BCUT2D eigenvalue weighted by atomic mass is 9.84. The van der Waals surface area contributed by atoms with Crippen LogP contribution >= 0.6 is 0 Å². The van der Waals surface area contributed by atoms with Gasteiger partial charge in [-0.2, -0.15) is 0 Å². The zero-order valence-corrected chi connectivity index (χ0v) is 13.7. The lowest BCUT2D eigenvalue weighted by Gasteiger charge is -2.24. The maximum Gasteiger partial charge on any atom is 0.338 e. The number of unbranched alkanes of at least 4 members (excludes halogenated alkanes) is 2. The van der Waals surface area contributed by atoms with Crippen molar-refractivity contribution in [2.45, 2.75) is 52.9 Å². The highest BCUT2D eigenvalue weighted by Crippen LogP contribution is 2.27. The maximum atomic E-state index is 11.9. The molecule has 2 nitrogen and oxygen atoms in total. The van der Waals surface area contributed by atoms with Gasteiger partial charge in [-0.05, 0) is 36.0 Å². The predicted molar refractivity (Wildman–Crippen MR) is 89.4 cm³/mol. The molecule has 0 atom stereocenters. The van der Waals surface area contributed by atoms with Crippen LogP contribution in [0.4, 0.5) is 0 Å². The highest BCUT2D eigenvalue weighted by atomic mass is 16.5. The Morgan fingerprint density at radius 2 is 1.86 bits per heavy atom. The Labute approximate surface area is 129 Å². The van der Waals surface area contributed by atoms with Crippen LogP contribution in [0.3, 0.4) is 0 Å². The van der Waals surface area contributed by atoms with Crippen molar-refractivity contribution in [1.29, 1.82) is 0 Å². The fourth-order valence-electron chi connectivity index (χ4n) is 2.24. The van der Waals surface area contributed by atoms with E-state index in [2.05, 4.69) is 27.4 Å². The molecule has 0 saturated carbocycles. The molecule has 1 aromatic carbocycles. The molecule has 0 aliphatic heterocycles. The highest BCUT2D eigenvalue weighted by molar-refractivity contribution is 5.89. The van der Waals surface area contributed by atoms with Crippen LogP contribution in [0.5, 0.6) is 0 Å². The van der Waals surface area contributed by atoms with E-state index >= 15 is 0 Å². The Morgan fingerprint density at radius 1 is 1.19 bits per heavy atom. The number of carbonyl (C=O) groups excluding carboxylic acids is 1. The number of rotatable bonds is 9. The molecular formula is C19H28O2. The minimum Gasteiger partial charge on any atom is -0.462 e. The van der Waals surface area contributed by atoms with Gasteiger partial charge in [0.15, 0.2) is 0 Å². The van der Waals surface area contributed by atoms with E-state index in [1.54, 1.807) is 18.2 Å². The predicted octanol–water partition coefficient (Wildman–Crippen LogP) is 5.48. The van der Waals surface area contributed by atoms with E-state index in [0.29, 0.717) is 12.2 Å². The van der Waals surface area contributed by atoms with Crippen LogP contribution in [0.15, 0.2) is 30.8 Å². The number of benzene rings is 1. The summed E-state index contributed by atoms with van der Waals surface area (Å²) in [5.41, 5.74) is 1.84. The van der Waals surface area contributed by atoms with Crippen LogP contribution in [0.1, 0.15) is 68.8 Å². The summed E-state index contributed by atoms with van der Waals surface area (Å²) in [6, 6.07) is 7.31. The largest absolute Gasteiger partial charge is 0.462 e. The van der Waals surface area contributed by atoms with Crippen molar-refractivity contribution in [2.75, 3.05) is 6.61 Å². The number of esters is 1. The molecule has 1 rings (SSSR count). The monoisotopic (exact) mass is 288 g/mol. The van der Waals surface area contributed by atoms with Crippen LogP contribution in [0, 0.1) is 5.41 Å². The second kappa shape index (κ2) is 8.66. The van der Waals surface area contributed by atoms with Crippen LogP contribution < -0.4 is 0 Å². The molecule has 0 unspecified atom stereocenters. The van der Waals surface area contributed by atoms with Gasteiger partial charge in [-0.1, -0.05) is 64.8 Å². The molecular weight excluding hydrogens is 260 g/mol. The molecule has 0 N–H and O–H groups in total. The van der Waals surface area contributed by atoms with Crippen molar-refractivity contribution in [3.63, 3.8) is 0 Å². The van der Waals surface area contributed by atoms with E-state index in [0.717, 1.165) is 12.0 Å². The smallest absolute Gasteiger partial charge is 0.338 e. The zero-order chi connectivity index (χ0) is 15.7. The van der Waals surface area contributed by atoms with E-state index in [9.17, 15) is 4.79 Å². The molecule has 0 heterocycles. The summed E-state index contributed by atoms with van der Waals surface area (Å²) in [6.45, 7) is 10.9. The van der Waals surface area contributed by atoms with E-state index < -0.39 is 0 Å². The van der Waals surface area contributed by atoms with Crippen LogP contribution in [-0.2, 0) is 4.74 Å². The Kier molecular flexibility index (Phi) is 7.21. The third-order valence-electron chi connectivity index (χ3n) is 3.85. The molecule has 0 spiro atoms. The molecule has 0 aliphatic carbocycles. The van der Waals surface area contributed by atoms with Gasteiger partial charge in [0.25, 0.3) is 0 Å². The van der Waals surface area contributed by atoms with E-state index in [4.69, 9.17) is 4.74 Å². The number of ether oxygens (including phenoxy) is 1. The molecule has 2 heteroatoms. The van der Waals surface area contributed by atoms with E-state index in [-0.39, 0.29) is 11.4 Å².